The molecular formula is C18H29N5O5. The predicted octanol–water partition coefficient (Wildman–Crippen LogP) is -1.10. The minimum absolute atomic E-state index is 0.220. The zero-order chi connectivity index (χ0) is 20.1. The average Bonchev–Trinajstić information content (AvgIpc) is 3.20. The molecule has 5 fully saturated rings. The SMILES string of the molecule is NC(=O)c1ncn(C2OC(CO)C(O)C2O)n1.NC12CC3CC(CC(C3)C1)C2. The number of rotatable bonds is 3. The first kappa shape index (κ1) is 19.7. The Morgan fingerprint density at radius 1 is 1.18 bits per heavy atom. The van der Waals surface area contributed by atoms with Crippen molar-refractivity contribution in [2.45, 2.75) is 68.6 Å². The van der Waals surface area contributed by atoms with Crippen molar-refractivity contribution >= 4 is 5.91 Å². The molecule has 4 saturated carbocycles. The predicted molar refractivity (Wildman–Crippen MR) is 96.6 cm³/mol. The highest BCUT2D eigenvalue weighted by Crippen LogP contribution is 2.54. The molecule has 7 N–H and O–H groups in total. The minimum atomic E-state index is -1.27. The van der Waals surface area contributed by atoms with Crippen LogP contribution in [-0.4, -0.2) is 66.4 Å². The van der Waals surface area contributed by atoms with Crippen molar-refractivity contribution in [3.8, 4) is 0 Å². The van der Waals surface area contributed by atoms with E-state index in [1.54, 1.807) is 0 Å². The monoisotopic (exact) mass is 395 g/mol. The van der Waals surface area contributed by atoms with Crippen molar-refractivity contribution in [3.63, 3.8) is 0 Å². The second-order valence-corrected chi connectivity index (χ2v) is 8.92. The van der Waals surface area contributed by atoms with Crippen molar-refractivity contribution < 1.29 is 24.9 Å². The highest BCUT2D eigenvalue weighted by molar-refractivity contribution is 5.88. The van der Waals surface area contributed by atoms with Crippen molar-refractivity contribution in [2.75, 3.05) is 6.61 Å². The van der Waals surface area contributed by atoms with E-state index >= 15 is 0 Å². The fourth-order valence-corrected chi connectivity index (χ4v) is 5.79. The van der Waals surface area contributed by atoms with E-state index in [4.69, 9.17) is 21.3 Å². The Labute approximate surface area is 162 Å². The van der Waals surface area contributed by atoms with Crippen molar-refractivity contribution in [3.05, 3.63) is 12.2 Å². The molecule has 2 heterocycles. The van der Waals surface area contributed by atoms with E-state index in [0.29, 0.717) is 5.54 Å². The van der Waals surface area contributed by atoms with E-state index in [9.17, 15) is 15.0 Å². The van der Waals surface area contributed by atoms with E-state index < -0.39 is 37.1 Å². The molecule has 4 unspecified atom stereocenters. The summed E-state index contributed by atoms with van der Waals surface area (Å²) >= 11 is 0. The number of primary amides is 1. The van der Waals surface area contributed by atoms with Crippen LogP contribution in [0.2, 0.25) is 0 Å². The molecule has 0 radical (unpaired) electrons. The van der Waals surface area contributed by atoms with Gasteiger partial charge in [0.05, 0.1) is 6.61 Å². The Morgan fingerprint density at radius 3 is 2.14 bits per heavy atom. The topological polar surface area (TPSA) is 170 Å². The van der Waals surface area contributed by atoms with Crippen LogP contribution in [0.15, 0.2) is 6.33 Å². The Kier molecular flexibility index (Phi) is 5.17. The molecule has 28 heavy (non-hydrogen) atoms. The molecule has 1 saturated heterocycles. The number of hydrogen-bond donors (Lipinski definition) is 5. The molecule has 5 aliphatic rings. The molecular weight excluding hydrogens is 366 g/mol. The number of aliphatic hydroxyl groups is 3. The minimum Gasteiger partial charge on any atom is -0.394 e. The number of carbonyl (C=O) groups excluding carboxylic acids is 1. The molecule has 10 heteroatoms. The Balaban J connectivity index is 0.000000149. The summed E-state index contributed by atoms with van der Waals surface area (Å²) in [5, 5.41) is 31.8. The molecule has 156 valence electrons. The molecule has 0 aromatic carbocycles. The summed E-state index contributed by atoms with van der Waals surface area (Å²) < 4.78 is 6.25. The van der Waals surface area contributed by atoms with Gasteiger partial charge in [0.15, 0.2) is 6.23 Å². The number of aromatic nitrogens is 3. The van der Waals surface area contributed by atoms with Crippen LogP contribution in [-0.2, 0) is 4.74 Å². The van der Waals surface area contributed by atoms with Crippen LogP contribution >= 0.6 is 0 Å². The lowest BCUT2D eigenvalue weighted by Gasteiger charge is -2.55. The van der Waals surface area contributed by atoms with Crippen LogP contribution in [0, 0.1) is 17.8 Å². The molecule has 4 bridgehead atoms. The molecule has 1 aromatic rings. The van der Waals surface area contributed by atoms with Gasteiger partial charge in [-0.15, -0.1) is 5.10 Å². The van der Waals surface area contributed by atoms with Gasteiger partial charge in [0.1, 0.15) is 24.6 Å². The molecule has 1 aliphatic heterocycles. The highest BCUT2D eigenvalue weighted by Gasteiger charge is 2.48. The lowest BCUT2D eigenvalue weighted by atomic mass is 9.53. The van der Waals surface area contributed by atoms with Gasteiger partial charge in [-0.2, -0.15) is 0 Å². The van der Waals surface area contributed by atoms with E-state index in [-0.39, 0.29) is 5.82 Å². The first-order valence-corrected chi connectivity index (χ1v) is 9.90. The lowest BCUT2D eigenvalue weighted by molar-refractivity contribution is -0.0588. The van der Waals surface area contributed by atoms with E-state index in [1.807, 2.05) is 0 Å². The van der Waals surface area contributed by atoms with Gasteiger partial charge in [-0.05, 0) is 56.3 Å². The van der Waals surface area contributed by atoms with Gasteiger partial charge in [0, 0.05) is 5.54 Å². The van der Waals surface area contributed by atoms with E-state index in [0.717, 1.165) is 28.8 Å². The fraction of sp³-hybridized carbons (Fsp3) is 0.833. The number of nitrogens with zero attached hydrogens (tertiary/aromatic N) is 3. The number of nitrogens with two attached hydrogens (primary N) is 2. The van der Waals surface area contributed by atoms with Crippen LogP contribution in [0.3, 0.4) is 0 Å². The Bertz CT molecular complexity index is 690. The standard InChI is InChI=1S/C10H17N.C8H12N4O5/c11-10-4-7-1-8(5-10)3-9(2-7)6-10;9-6(16)7-10-2-12(11-7)8-5(15)4(14)3(1-13)17-8/h7-9H,1-6,11H2;2-5,8,13-15H,1H2,(H2,9,16). The maximum absolute atomic E-state index is 10.8. The van der Waals surface area contributed by atoms with E-state index in [2.05, 4.69) is 10.1 Å². The summed E-state index contributed by atoms with van der Waals surface area (Å²) in [6, 6.07) is 0. The van der Waals surface area contributed by atoms with Gasteiger partial charge in [0.25, 0.3) is 5.91 Å². The summed E-state index contributed by atoms with van der Waals surface area (Å²) in [5.41, 5.74) is 11.6. The highest BCUT2D eigenvalue weighted by atomic mass is 16.6. The second kappa shape index (κ2) is 7.34. The van der Waals surface area contributed by atoms with Gasteiger partial charge >= 0.3 is 0 Å². The Morgan fingerprint density at radius 2 is 1.75 bits per heavy atom. The number of carbonyl (C=O) groups is 1. The van der Waals surface area contributed by atoms with Crippen LogP contribution in [0.5, 0.6) is 0 Å². The average molecular weight is 395 g/mol. The molecule has 0 spiro atoms. The van der Waals surface area contributed by atoms with E-state index in [1.165, 1.54) is 38.5 Å². The number of amides is 1. The molecule has 1 amide bonds. The second-order valence-electron chi connectivity index (χ2n) is 8.92. The third-order valence-electron chi connectivity index (χ3n) is 6.59. The first-order valence-electron chi connectivity index (χ1n) is 9.90. The molecule has 4 aliphatic carbocycles. The third-order valence-corrected chi connectivity index (χ3v) is 6.59. The van der Waals surface area contributed by atoms with Crippen LogP contribution in [0.25, 0.3) is 0 Å². The summed E-state index contributed by atoms with van der Waals surface area (Å²) in [6.45, 7) is -0.438. The number of aliphatic hydroxyl groups excluding tert-OH is 3. The summed E-state index contributed by atoms with van der Waals surface area (Å²) in [7, 11) is 0. The largest absolute Gasteiger partial charge is 0.394 e. The molecule has 4 atom stereocenters. The zero-order valence-electron chi connectivity index (χ0n) is 15.7. The summed E-state index contributed by atoms with van der Waals surface area (Å²) in [5.74, 6) is 2.03. The lowest BCUT2D eigenvalue weighted by Crippen LogP contribution is -2.55. The smallest absolute Gasteiger partial charge is 0.288 e. The van der Waals surface area contributed by atoms with Crippen molar-refractivity contribution in [1.82, 2.24) is 14.8 Å². The zero-order valence-corrected chi connectivity index (χ0v) is 15.7. The van der Waals surface area contributed by atoms with Crippen LogP contribution in [0.4, 0.5) is 0 Å². The normalized spacial score (nSPS) is 43.6. The summed E-state index contributed by atoms with van der Waals surface area (Å²) in [6.07, 6.45) is 5.31. The van der Waals surface area contributed by atoms with Crippen LogP contribution < -0.4 is 11.5 Å². The maximum atomic E-state index is 10.8. The van der Waals surface area contributed by atoms with Crippen molar-refractivity contribution in [1.29, 1.82) is 0 Å². The van der Waals surface area contributed by atoms with Crippen molar-refractivity contribution in [2.24, 2.45) is 29.2 Å². The van der Waals surface area contributed by atoms with Gasteiger partial charge in [-0.1, -0.05) is 0 Å². The third kappa shape index (κ3) is 3.67. The Hall–Kier alpha value is -1.59. The number of ether oxygens (including phenoxy) is 1. The quantitative estimate of drug-likeness (QED) is 0.429. The maximum Gasteiger partial charge on any atom is 0.288 e. The molecule has 10 nitrogen and oxygen atoms in total. The van der Waals surface area contributed by atoms with Gasteiger partial charge in [0.2, 0.25) is 5.82 Å². The van der Waals surface area contributed by atoms with Gasteiger partial charge < -0.3 is 31.5 Å². The molecule has 1 aromatic heterocycles. The fourth-order valence-electron chi connectivity index (χ4n) is 5.79. The van der Waals surface area contributed by atoms with Gasteiger partial charge in [-0.25, -0.2) is 9.67 Å². The number of hydrogen-bond acceptors (Lipinski definition) is 8. The summed E-state index contributed by atoms with van der Waals surface area (Å²) in [4.78, 5) is 14.4. The van der Waals surface area contributed by atoms with Gasteiger partial charge in [-0.3, -0.25) is 4.79 Å². The van der Waals surface area contributed by atoms with Crippen LogP contribution in [0.1, 0.15) is 55.4 Å². The molecule has 6 rings (SSSR count). The first-order chi connectivity index (χ1) is 13.3.